The summed E-state index contributed by atoms with van der Waals surface area (Å²) in [5.74, 6) is -1.24. The van der Waals surface area contributed by atoms with Gasteiger partial charge in [0.05, 0.1) is 22.4 Å². The Kier molecular flexibility index (Phi) is 5.67. The standard InChI is InChI=1S/C28H35NO8S/c1-16-8-10-17(11-9-16)38(33,34)21-19-13-12-18(29(19)24(32)37-25(2,3)4)20(21)35-23(31)28-15-14-27(7,22(30)36-28)26(28,5)6/h8-13,18-21H,14-15H2,1-7H3/t18-,19+,20+,21-,27+,28-/m1/s1. The molecule has 9 nitrogen and oxygen atoms in total. The minimum atomic E-state index is -4.07. The maximum atomic E-state index is 14.0. The molecule has 5 rings (SSSR count). The fourth-order valence-electron chi connectivity index (χ4n) is 6.40. The van der Waals surface area contributed by atoms with Gasteiger partial charge in [-0.25, -0.2) is 18.0 Å². The predicted molar refractivity (Wildman–Crippen MR) is 137 cm³/mol. The largest absolute Gasteiger partial charge is 0.455 e. The molecule has 0 radical (unpaired) electrons. The van der Waals surface area contributed by atoms with Crippen molar-refractivity contribution in [3.05, 3.63) is 42.0 Å². The van der Waals surface area contributed by atoms with Crippen molar-refractivity contribution < 1.29 is 37.0 Å². The molecule has 0 unspecified atom stereocenters. The van der Waals surface area contributed by atoms with E-state index in [1.165, 1.54) is 17.0 Å². The van der Waals surface area contributed by atoms with Crippen LogP contribution >= 0.6 is 0 Å². The van der Waals surface area contributed by atoms with Gasteiger partial charge < -0.3 is 14.2 Å². The van der Waals surface area contributed by atoms with Gasteiger partial charge in [-0.2, -0.15) is 0 Å². The molecule has 3 fully saturated rings. The number of benzene rings is 1. The smallest absolute Gasteiger partial charge is 0.411 e. The molecule has 3 aliphatic heterocycles. The van der Waals surface area contributed by atoms with Crippen LogP contribution in [0.1, 0.15) is 59.9 Å². The van der Waals surface area contributed by atoms with Gasteiger partial charge in [0.2, 0.25) is 5.60 Å². The third-order valence-electron chi connectivity index (χ3n) is 9.11. The minimum Gasteiger partial charge on any atom is -0.455 e. The summed E-state index contributed by atoms with van der Waals surface area (Å²) >= 11 is 0. The van der Waals surface area contributed by atoms with Crippen molar-refractivity contribution in [3.8, 4) is 0 Å². The monoisotopic (exact) mass is 545 g/mol. The van der Waals surface area contributed by atoms with Gasteiger partial charge >= 0.3 is 18.0 Å². The molecule has 1 saturated carbocycles. The summed E-state index contributed by atoms with van der Waals surface area (Å²) in [6.07, 6.45) is 2.16. The van der Waals surface area contributed by atoms with Crippen LogP contribution < -0.4 is 0 Å². The van der Waals surface area contributed by atoms with Crippen LogP contribution in [0.15, 0.2) is 41.3 Å². The molecule has 2 saturated heterocycles. The van der Waals surface area contributed by atoms with Crippen LogP contribution in [-0.4, -0.2) is 66.0 Å². The molecule has 1 aromatic rings. The van der Waals surface area contributed by atoms with E-state index >= 15 is 0 Å². The van der Waals surface area contributed by atoms with Crippen molar-refractivity contribution in [3.63, 3.8) is 0 Å². The van der Waals surface area contributed by atoms with Gasteiger partial charge in [0.1, 0.15) is 17.0 Å². The van der Waals surface area contributed by atoms with Gasteiger partial charge in [-0.1, -0.05) is 43.7 Å². The highest BCUT2D eigenvalue weighted by atomic mass is 32.2. The van der Waals surface area contributed by atoms with Crippen molar-refractivity contribution >= 4 is 27.9 Å². The molecule has 1 amide bonds. The molecule has 3 heterocycles. The number of carbonyl (C=O) groups excluding carboxylic acids is 3. The van der Waals surface area contributed by atoms with E-state index in [0.717, 1.165) is 5.56 Å². The van der Waals surface area contributed by atoms with E-state index in [9.17, 15) is 22.8 Å². The number of hydrogen-bond donors (Lipinski definition) is 0. The van der Waals surface area contributed by atoms with E-state index < -0.39 is 73.3 Å². The normalized spacial score (nSPS) is 34.9. The van der Waals surface area contributed by atoms with Crippen LogP contribution in [-0.2, 0) is 33.6 Å². The SMILES string of the molecule is Cc1ccc(S(=O)(=O)[C@H]2[C@@H](OC(=O)[C@@]34CC[C@@](C)(C(=O)O3)C4(C)C)[C@H]3C=C[C@@H]2N3C(=O)OC(C)(C)C)cc1. The highest BCUT2D eigenvalue weighted by Crippen LogP contribution is 2.66. The van der Waals surface area contributed by atoms with Gasteiger partial charge in [0, 0.05) is 5.41 Å². The topological polar surface area (TPSA) is 116 Å². The molecule has 0 spiro atoms. The summed E-state index contributed by atoms with van der Waals surface area (Å²) in [5.41, 5.74) is -3.16. The first-order valence-electron chi connectivity index (χ1n) is 12.9. The van der Waals surface area contributed by atoms with E-state index in [0.29, 0.717) is 6.42 Å². The lowest BCUT2D eigenvalue weighted by molar-refractivity contribution is -0.187. The Morgan fingerprint density at radius 1 is 1.03 bits per heavy atom. The van der Waals surface area contributed by atoms with Crippen LogP contribution in [0, 0.1) is 17.8 Å². The second-order valence-corrected chi connectivity index (χ2v) is 14.7. The zero-order valence-electron chi connectivity index (χ0n) is 22.8. The first-order valence-corrected chi connectivity index (χ1v) is 14.5. The number of aryl methyl sites for hydroxylation is 1. The molecule has 1 aromatic carbocycles. The number of esters is 2. The average molecular weight is 546 g/mol. The third-order valence-corrected chi connectivity index (χ3v) is 11.3. The van der Waals surface area contributed by atoms with Gasteiger partial charge in [-0.3, -0.25) is 9.69 Å². The number of nitrogens with zero attached hydrogens (tertiary/aromatic N) is 1. The number of amides is 1. The number of rotatable bonds is 4. The summed E-state index contributed by atoms with van der Waals surface area (Å²) in [5, 5.41) is -1.26. The van der Waals surface area contributed by atoms with E-state index in [1.807, 2.05) is 6.92 Å². The Bertz CT molecular complexity index is 1340. The van der Waals surface area contributed by atoms with Crippen LogP contribution in [0.5, 0.6) is 0 Å². The maximum absolute atomic E-state index is 14.0. The quantitative estimate of drug-likeness (QED) is 0.319. The number of carbonyl (C=O) groups is 3. The van der Waals surface area contributed by atoms with Crippen molar-refractivity contribution in [2.45, 2.75) is 101 Å². The molecule has 4 aliphatic rings. The molecule has 6 atom stereocenters. The summed E-state index contributed by atoms with van der Waals surface area (Å²) in [6, 6.07) is 4.67. The van der Waals surface area contributed by atoms with Gasteiger partial charge in [-0.15, -0.1) is 0 Å². The second-order valence-electron chi connectivity index (χ2n) is 12.6. The first-order chi connectivity index (χ1) is 17.5. The molecule has 0 aromatic heterocycles. The molecular formula is C28H35NO8S. The number of sulfone groups is 1. The van der Waals surface area contributed by atoms with Crippen molar-refractivity contribution in [1.29, 1.82) is 0 Å². The summed E-state index contributed by atoms with van der Waals surface area (Å²) < 4.78 is 45.3. The fraction of sp³-hybridized carbons (Fsp3) is 0.607. The fourth-order valence-corrected chi connectivity index (χ4v) is 8.39. The minimum absolute atomic E-state index is 0.0680. The van der Waals surface area contributed by atoms with E-state index in [2.05, 4.69) is 0 Å². The van der Waals surface area contributed by atoms with E-state index in [1.54, 1.807) is 65.8 Å². The second kappa shape index (κ2) is 8.07. The Balaban J connectivity index is 1.54. The number of ether oxygens (including phenoxy) is 3. The van der Waals surface area contributed by atoms with Gasteiger partial charge in [-0.05, 0) is 59.6 Å². The van der Waals surface area contributed by atoms with E-state index in [4.69, 9.17) is 14.2 Å². The summed E-state index contributed by atoms with van der Waals surface area (Å²) in [7, 11) is -4.07. The predicted octanol–water partition coefficient (Wildman–Crippen LogP) is 3.73. The first kappa shape index (κ1) is 26.7. The van der Waals surface area contributed by atoms with Crippen LogP contribution in [0.25, 0.3) is 0 Å². The molecule has 206 valence electrons. The van der Waals surface area contributed by atoms with Crippen LogP contribution in [0.3, 0.4) is 0 Å². The van der Waals surface area contributed by atoms with Gasteiger partial charge in [0.15, 0.2) is 9.84 Å². The Labute approximate surface area is 223 Å². The lowest BCUT2D eigenvalue weighted by Gasteiger charge is -2.36. The molecular weight excluding hydrogens is 510 g/mol. The van der Waals surface area contributed by atoms with Crippen molar-refractivity contribution in [1.82, 2.24) is 4.90 Å². The van der Waals surface area contributed by atoms with Crippen molar-refractivity contribution in [2.75, 3.05) is 0 Å². The maximum Gasteiger partial charge on any atom is 0.411 e. The molecule has 1 aliphatic carbocycles. The summed E-state index contributed by atoms with van der Waals surface area (Å²) in [6.45, 7) is 12.4. The zero-order chi connectivity index (χ0) is 28.1. The zero-order valence-corrected chi connectivity index (χ0v) is 23.6. The van der Waals surface area contributed by atoms with E-state index in [-0.39, 0.29) is 11.3 Å². The van der Waals surface area contributed by atoms with Crippen LogP contribution in [0.2, 0.25) is 0 Å². The lowest BCUT2D eigenvalue weighted by Crippen LogP contribution is -2.53. The highest BCUT2D eigenvalue weighted by molar-refractivity contribution is 7.92. The van der Waals surface area contributed by atoms with Crippen LogP contribution in [0.4, 0.5) is 4.79 Å². The highest BCUT2D eigenvalue weighted by Gasteiger charge is 2.77. The number of fused-ring (bicyclic) bond motifs is 4. The van der Waals surface area contributed by atoms with Gasteiger partial charge in [0.25, 0.3) is 0 Å². The third kappa shape index (κ3) is 3.48. The number of hydrogen-bond acceptors (Lipinski definition) is 8. The van der Waals surface area contributed by atoms with Crippen molar-refractivity contribution in [2.24, 2.45) is 10.8 Å². The molecule has 10 heteroatoms. The summed E-state index contributed by atoms with van der Waals surface area (Å²) in [4.78, 5) is 41.3. The molecule has 4 bridgehead atoms. The molecule has 38 heavy (non-hydrogen) atoms. The Morgan fingerprint density at radius 2 is 1.63 bits per heavy atom. The Morgan fingerprint density at radius 3 is 2.16 bits per heavy atom. The molecule has 0 N–H and O–H groups in total. The lowest BCUT2D eigenvalue weighted by atomic mass is 9.66. The average Bonchev–Trinajstić information content (AvgIpc) is 3.45. The Hall–Kier alpha value is -2.88.